The Balaban J connectivity index is 1.49. The van der Waals surface area contributed by atoms with E-state index in [1.54, 1.807) is 6.20 Å². The lowest BCUT2D eigenvalue weighted by Gasteiger charge is -2.24. The highest BCUT2D eigenvalue weighted by Crippen LogP contribution is 2.29. The van der Waals surface area contributed by atoms with E-state index in [1.807, 2.05) is 17.1 Å². The Morgan fingerprint density at radius 1 is 1.15 bits per heavy atom. The Hall–Kier alpha value is -1.85. The van der Waals surface area contributed by atoms with Crippen LogP contribution in [-0.2, 0) is 6.54 Å². The molecule has 0 atom stereocenters. The molecule has 0 radical (unpaired) electrons. The lowest BCUT2D eigenvalue weighted by atomic mass is 9.95. The van der Waals surface area contributed by atoms with Gasteiger partial charge in [0, 0.05) is 37.7 Å². The average Bonchev–Trinajstić information content (AvgIpc) is 3.16. The van der Waals surface area contributed by atoms with Gasteiger partial charge in [-0.15, -0.1) is 5.10 Å². The highest BCUT2D eigenvalue weighted by Gasteiger charge is 2.17. The predicted molar refractivity (Wildman–Crippen MR) is 77.5 cm³/mol. The molecule has 3 rings (SSSR count). The van der Waals surface area contributed by atoms with Gasteiger partial charge in [-0.25, -0.2) is 4.98 Å². The van der Waals surface area contributed by atoms with Crippen LogP contribution < -0.4 is 5.32 Å². The zero-order chi connectivity index (χ0) is 13.6. The van der Waals surface area contributed by atoms with E-state index in [9.17, 15) is 0 Å². The normalized spacial score (nSPS) is 16.4. The van der Waals surface area contributed by atoms with Gasteiger partial charge < -0.3 is 9.88 Å². The van der Waals surface area contributed by atoms with Crippen LogP contribution in [0.5, 0.6) is 0 Å². The minimum absolute atomic E-state index is 0.629. The third kappa shape index (κ3) is 3.18. The second kappa shape index (κ2) is 6.54. The second-order valence-corrected chi connectivity index (χ2v) is 5.40. The van der Waals surface area contributed by atoms with Crippen molar-refractivity contribution in [1.29, 1.82) is 0 Å². The fourth-order valence-corrected chi connectivity index (χ4v) is 2.90. The largest absolute Gasteiger partial charge is 0.356 e. The molecule has 0 bridgehead atoms. The Labute approximate surface area is 119 Å². The van der Waals surface area contributed by atoms with Gasteiger partial charge in [-0.3, -0.25) is 4.68 Å². The number of anilines is 1. The molecule has 1 fully saturated rings. The fraction of sp³-hybridized carbons (Fsp3) is 0.643. The molecule has 2 aromatic rings. The van der Waals surface area contributed by atoms with E-state index in [4.69, 9.17) is 0 Å². The topological polar surface area (TPSA) is 60.6 Å². The minimum Gasteiger partial charge on any atom is -0.356 e. The SMILES string of the molecule is c1cn(CCCNc2nccn2C2CCCCC2)nn1. The Bertz CT molecular complexity index is 497. The van der Waals surface area contributed by atoms with Crippen molar-refractivity contribution < 1.29 is 0 Å². The van der Waals surface area contributed by atoms with E-state index in [-0.39, 0.29) is 0 Å². The minimum atomic E-state index is 0.629. The van der Waals surface area contributed by atoms with Crippen LogP contribution in [0.1, 0.15) is 44.6 Å². The van der Waals surface area contributed by atoms with E-state index >= 15 is 0 Å². The van der Waals surface area contributed by atoms with Crippen molar-refractivity contribution in [3.05, 3.63) is 24.8 Å². The molecule has 0 unspecified atom stereocenters. The van der Waals surface area contributed by atoms with Crippen LogP contribution in [0.15, 0.2) is 24.8 Å². The third-order valence-corrected chi connectivity index (χ3v) is 3.96. The molecule has 0 saturated heterocycles. The van der Waals surface area contributed by atoms with Crippen molar-refractivity contribution in [2.75, 3.05) is 11.9 Å². The van der Waals surface area contributed by atoms with Crippen LogP contribution in [0.3, 0.4) is 0 Å². The fourth-order valence-electron chi connectivity index (χ4n) is 2.90. The summed E-state index contributed by atoms with van der Waals surface area (Å²) in [6.07, 6.45) is 15.3. The summed E-state index contributed by atoms with van der Waals surface area (Å²) < 4.78 is 4.17. The lowest BCUT2D eigenvalue weighted by Crippen LogP contribution is -2.16. The molecule has 1 saturated carbocycles. The van der Waals surface area contributed by atoms with Gasteiger partial charge in [0.15, 0.2) is 0 Å². The van der Waals surface area contributed by atoms with Crippen LogP contribution in [0.25, 0.3) is 0 Å². The first-order valence-corrected chi connectivity index (χ1v) is 7.54. The molecular weight excluding hydrogens is 252 g/mol. The van der Waals surface area contributed by atoms with Crippen molar-refractivity contribution in [2.45, 2.75) is 51.1 Å². The molecule has 20 heavy (non-hydrogen) atoms. The number of hydrogen-bond acceptors (Lipinski definition) is 4. The number of nitrogens with zero attached hydrogens (tertiary/aromatic N) is 5. The maximum absolute atomic E-state index is 4.44. The van der Waals surface area contributed by atoms with E-state index < -0.39 is 0 Å². The summed E-state index contributed by atoms with van der Waals surface area (Å²) in [7, 11) is 0. The van der Waals surface area contributed by atoms with Crippen LogP contribution >= 0.6 is 0 Å². The van der Waals surface area contributed by atoms with E-state index in [1.165, 1.54) is 32.1 Å². The number of rotatable bonds is 6. The molecule has 1 N–H and O–H groups in total. The number of aryl methyl sites for hydroxylation is 1. The molecule has 1 aliphatic rings. The van der Waals surface area contributed by atoms with Gasteiger partial charge in [0.25, 0.3) is 0 Å². The summed E-state index contributed by atoms with van der Waals surface area (Å²) in [5.41, 5.74) is 0. The van der Waals surface area contributed by atoms with Crippen LogP contribution in [-0.4, -0.2) is 31.1 Å². The van der Waals surface area contributed by atoms with Gasteiger partial charge in [0.1, 0.15) is 0 Å². The Kier molecular flexibility index (Phi) is 4.30. The number of hydrogen-bond donors (Lipinski definition) is 1. The van der Waals surface area contributed by atoms with Gasteiger partial charge in [-0.05, 0) is 19.3 Å². The number of imidazole rings is 1. The summed E-state index contributed by atoms with van der Waals surface area (Å²) in [6, 6.07) is 0.629. The van der Waals surface area contributed by atoms with E-state index in [2.05, 4.69) is 31.4 Å². The van der Waals surface area contributed by atoms with Gasteiger partial charge in [-0.1, -0.05) is 24.5 Å². The highest BCUT2D eigenvalue weighted by atomic mass is 15.4. The molecule has 6 heteroatoms. The van der Waals surface area contributed by atoms with Crippen molar-refractivity contribution in [3.63, 3.8) is 0 Å². The molecule has 0 aliphatic heterocycles. The molecule has 2 heterocycles. The van der Waals surface area contributed by atoms with Crippen LogP contribution in [0.2, 0.25) is 0 Å². The van der Waals surface area contributed by atoms with Gasteiger partial charge in [0.05, 0.1) is 6.20 Å². The summed E-state index contributed by atoms with van der Waals surface area (Å²) in [6.45, 7) is 1.79. The first kappa shape index (κ1) is 13.1. The maximum Gasteiger partial charge on any atom is 0.203 e. The quantitative estimate of drug-likeness (QED) is 0.822. The number of nitrogens with one attached hydrogen (secondary N) is 1. The lowest BCUT2D eigenvalue weighted by molar-refractivity contribution is 0.355. The van der Waals surface area contributed by atoms with E-state index in [0.29, 0.717) is 6.04 Å². The molecule has 1 aliphatic carbocycles. The monoisotopic (exact) mass is 274 g/mol. The smallest absolute Gasteiger partial charge is 0.203 e. The predicted octanol–water partition coefficient (Wildman–Crippen LogP) is 2.48. The highest BCUT2D eigenvalue weighted by molar-refractivity contribution is 5.26. The first-order valence-electron chi connectivity index (χ1n) is 7.54. The molecule has 108 valence electrons. The summed E-state index contributed by atoms with van der Waals surface area (Å²) in [5.74, 6) is 1.01. The Morgan fingerprint density at radius 3 is 2.85 bits per heavy atom. The Morgan fingerprint density at radius 2 is 2.05 bits per heavy atom. The molecule has 0 spiro atoms. The van der Waals surface area contributed by atoms with Crippen LogP contribution in [0.4, 0.5) is 5.95 Å². The summed E-state index contributed by atoms with van der Waals surface area (Å²) >= 11 is 0. The van der Waals surface area contributed by atoms with Crippen molar-refractivity contribution >= 4 is 5.95 Å². The second-order valence-electron chi connectivity index (χ2n) is 5.40. The zero-order valence-corrected chi connectivity index (χ0v) is 11.8. The van der Waals surface area contributed by atoms with E-state index in [0.717, 1.165) is 25.5 Å². The van der Waals surface area contributed by atoms with Crippen molar-refractivity contribution in [3.8, 4) is 0 Å². The molecule has 0 aromatic carbocycles. The molecule has 0 amide bonds. The average molecular weight is 274 g/mol. The third-order valence-electron chi connectivity index (χ3n) is 3.96. The molecule has 6 nitrogen and oxygen atoms in total. The molecule has 2 aromatic heterocycles. The zero-order valence-electron chi connectivity index (χ0n) is 11.8. The summed E-state index contributed by atoms with van der Waals surface area (Å²) in [5, 5.41) is 11.2. The van der Waals surface area contributed by atoms with Crippen LogP contribution in [0, 0.1) is 0 Å². The van der Waals surface area contributed by atoms with Gasteiger partial charge in [0.2, 0.25) is 5.95 Å². The summed E-state index contributed by atoms with van der Waals surface area (Å²) in [4.78, 5) is 4.44. The maximum atomic E-state index is 4.44. The van der Waals surface area contributed by atoms with Gasteiger partial charge >= 0.3 is 0 Å². The van der Waals surface area contributed by atoms with Crippen molar-refractivity contribution in [1.82, 2.24) is 24.5 Å². The first-order chi connectivity index (χ1) is 9.93. The molecular formula is C14H22N6. The standard InChI is InChI=1S/C14H22N6/c1-2-5-13(6-3-1)20-12-8-16-14(20)15-7-4-10-19-11-9-17-18-19/h8-9,11-13H,1-7,10H2,(H,15,16). The van der Waals surface area contributed by atoms with Crippen molar-refractivity contribution in [2.24, 2.45) is 0 Å². The van der Waals surface area contributed by atoms with Gasteiger partial charge in [-0.2, -0.15) is 0 Å². The number of aromatic nitrogens is 5.